The fraction of sp³-hybridized carbons (Fsp3) is 0.333. The quantitative estimate of drug-likeness (QED) is 0.830. The molecule has 0 saturated carbocycles. The third kappa shape index (κ3) is 2.43. The van der Waals surface area contributed by atoms with Crippen molar-refractivity contribution in [2.24, 2.45) is 0 Å². The van der Waals surface area contributed by atoms with Gasteiger partial charge in [-0.25, -0.2) is 4.98 Å². The van der Waals surface area contributed by atoms with Crippen LogP contribution in [0.5, 0.6) is 11.5 Å². The second-order valence-electron chi connectivity index (χ2n) is 3.74. The van der Waals surface area contributed by atoms with Crippen LogP contribution in [0.4, 0.5) is 0 Å². The number of nitrogens with zero attached hydrogens (tertiary/aromatic N) is 2. The number of ether oxygens (including phenoxy) is 2. The van der Waals surface area contributed by atoms with E-state index in [0.717, 1.165) is 22.9 Å². The lowest BCUT2D eigenvalue weighted by Gasteiger charge is -2.16. The van der Waals surface area contributed by atoms with E-state index in [1.807, 2.05) is 25.2 Å². The Bertz CT molecular complexity index is 477. The normalized spacial score (nSPS) is 12.2. The monoisotopic (exact) mass is 248 g/mol. The maximum absolute atomic E-state index is 5.26. The van der Waals surface area contributed by atoms with Gasteiger partial charge in [-0.3, -0.25) is 5.10 Å². The zero-order valence-electron chi connectivity index (χ0n) is 10.6. The number of aromatic nitrogens is 3. The smallest absolute Gasteiger partial charge is 0.145 e. The maximum atomic E-state index is 5.26. The lowest BCUT2D eigenvalue weighted by atomic mass is 10.1. The highest BCUT2D eigenvalue weighted by molar-refractivity contribution is 5.41. The van der Waals surface area contributed by atoms with Gasteiger partial charge in [0.05, 0.1) is 20.3 Å². The first-order valence-electron chi connectivity index (χ1n) is 5.54. The summed E-state index contributed by atoms with van der Waals surface area (Å²) in [5.74, 6) is 2.22. The molecule has 0 saturated heterocycles. The van der Waals surface area contributed by atoms with E-state index >= 15 is 0 Å². The largest absolute Gasteiger partial charge is 0.497 e. The minimum Gasteiger partial charge on any atom is -0.497 e. The second-order valence-corrected chi connectivity index (χ2v) is 3.74. The standard InChI is InChI=1S/C12H16N4O2/c1-13-11(12-14-7-15-16-12)8-4-9(17-2)6-10(5-8)18-3/h4-7,11,13H,1-3H3,(H,14,15,16). The molecule has 2 rings (SSSR count). The lowest BCUT2D eigenvalue weighted by Crippen LogP contribution is -2.19. The molecular formula is C12H16N4O2. The van der Waals surface area contributed by atoms with Crippen LogP contribution in [0.25, 0.3) is 0 Å². The summed E-state index contributed by atoms with van der Waals surface area (Å²) in [7, 11) is 5.11. The van der Waals surface area contributed by atoms with Crippen LogP contribution in [0.15, 0.2) is 24.5 Å². The fourth-order valence-electron chi connectivity index (χ4n) is 1.81. The van der Waals surface area contributed by atoms with Crippen molar-refractivity contribution in [3.63, 3.8) is 0 Å². The number of H-pyrrole nitrogens is 1. The fourth-order valence-corrected chi connectivity index (χ4v) is 1.81. The summed E-state index contributed by atoms with van der Waals surface area (Å²) in [6.07, 6.45) is 1.48. The molecule has 0 aliphatic heterocycles. The Labute approximate surface area is 105 Å². The molecule has 2 aromatic rings. The van der Waals surface area contributed by atoms with E-state index < -0.39 is 0 Å². The van der Waals surface area contributed by atoms with Crippen LogP contribution < -0.4 is 14.8 Å². The van der Waals surface area contributed by atoms with Gasteiger partial charge in [-0.1, -0.05) is 0 Å². The molecule has 1 aromatic heterocycles. The molecule has 0 radical (unpaired) electrons. The molecule has 0 amide bonds. The lowest BCUT2D eigenvalue weighted by molar-refractivity contribution is 0.392. The number of benzene rings is 1. The van der Waals surface area contributed by atoms with E-state index in [0.29, 0.717) is 0 Å². The molecule has 6 heteroatoms. The Balaban J connectivity index is 2.41. The predicted molar refractivity (Wildman–Crippen MR) is 66.8 cm³/mol. The van der Waals surface area contributed by atoms with Gasteiger partial charge in [-0.05, 0) is 24.7 Å². The number of rotatable bonds is 5. The second kappa shape index (κ2) is 5.50. The van der Waals surface area contributed by atoms with Crippen molar-refractivity contribution in [2.45, 2.75) is 6.04 Å². The zero-order chi connectivity index (χ0) is 13.0. The van der Waals surface area contributed by atoms with E-state index in [9.17, 15) is 0 Å². The first kappa shape index (κ1) is 12.4. The van der Waals surface area contributed by atoms with Crippen LogP contribution in [-0.4, -0.2) is 36.4 Å². The van der Waals surface area contributed by atoms with Crippen molar-refractivity contribution in [1.29, 1.82) is 0 Å². The molecule has 1 heterocycles. The summed E-state index contributed by atoms with van der Waals surface area (Å²) >= 11 is 0. The minimum atomic E-state index is -0.0866. The summed E-state index contributed by atoms with van der Waals surface area (Å²) in [5.41, 5.74) is 0.991. The van der Waals surface area contributed by atoms with Gasteiger partial charge in [0.15, 0.2) is 0 Å². The summed E-state index contributed by atoms with van der Waals surface area (Å²) in [6.45, 7) is 0. The van der Waals surface area contributed by atoms with Crippen molar-refractivity contribution >= 4 is 0 Å². The van der Waals surface area contributed by atoms with Gasteiger partial charge in [0.25, 0.3) is 0 Å². The van der Waals surface area contributed by atoms with Gasteiger partial charge in [-0.2, -0.15) is 5.10 Å². The molecule has 18 heavy (non-hydrogen) atoms. The first-order valence-corrected chi connectivity index (χ1v) is 5.54. The van der Waals surface area contributed by atoms with Crippen molar-refractivity contribution in [2.75, 3.05) is 21.3 Å². The van der Waals surface area contributed by atoms with Crippen LogP contribution in [0.1, 0.15) is 17.4 Å². The van der Waals surface area contributed by atoms with Crippen LogP contribution in [0.3, 0.4) is 0 Å². The average Bonchev–Trinajstić information content (AvgIpc) is 2.93. The molecule has 6 nitrogen and oxygen atoms in total. The Morgan fingerprint density at radius 2 is 1.83 bits per heavy atom. The van der Waals surface area contributed by atoms with Gasteiger partial charge < -0.3 is 14.8 Å². The number of nitrogens with one attached hydrogen (secondary N) is 2. The zero-order valence-corrected chi connectivity index (χ0v) is 10.6. The number of hydrogen-bond acceptors (Lipinski definition) is 5. The van der Waals surface area contributed by atoms with Crippen LogP contribution in [-0.2, 0) is 0 Å². The van der Waals surface area contributed by atoms with Crippen molar-refractivity contribution in [3.05, 3.63) is 35.9 Å². The molecule has 1 aromatic carbocycles. The van der Waals surface area contributed by atoms with Crippen molar-refractivity contribution < 1.29 is 9.47 Å². The van der Waals surface area contributed by atoms with Crippen LogP contribution in [0, 0.1) is 0 Å². The van der Waals surface area contributed by atoms with Gasteiger partial charge in [-0.15, -0.1) is 0 Å². The number of hydrogen-bond donors (Lipinski definition) is 2. The predicted octanol–water partition coefficient (Wildman–Crippen LogP) is 1.13. The molecule has 0 aliphatic rings. The number of aromatic amines is 1. The van der Waals surface area contributed by atoms with Crippen molar-refractivity contribution in [3.8, 4) is 11.5 Å². The third-order valence-electron chi connectivity index (χ3n) is 2.70. The van der Waals surface area contributed by atoms with Gasteiger partial charge in [0.2, 0.25) is 0 Å². The first-order chi connectivity index (χ1) is 8.78. The molecule has 1 atom stereocenters. The van der Waals surface area contributed by atoms with E-state index in [4.69, 9.17) is 9.47 Å². The Hall–Kier alpha value is -2.08. The molecule has 0 spiro atoms. The molecule has 96 valence electrons. The van der Waals surface area contributed by atoms with E-state index in [1.165, 1.54) is 6.33 Å². The van der Waals surface area contributed by atoms with Crippen molar-refractivity contribution in [1.82, 2.24) is 20.5 Å². The molecule has 1 unspecified atom stereocenters. The Kier molecular flexibility index (Phi) is 3.78. The van der Waals surface area contributed by atoms with E-state index in [2.05, 4.69) is 20.5 Å². The summed E-state index contributed by atoms with van der Waals surface area (Å²) < 4.78 is 10.5. The summed E-state index contributed by atoms with van der Waals surface area (Å²) in [6, 6.07) is 5.62. The van der Waals surface area contributed by atoms with Gasteiger partial charge in [0.1, 0.15) is 23.7 Å². The van der Waals surface area contributed by atoms with E-state index in [1.54, 1.807) is 14.2 Å². The van der Waals surface area contributed by atoms with Gasteiger partial charge >= 0.3 is 0 Å². The topological polar surface area (TPSA) is 72.1 Å². The van der Waals surface area contributed by atoms with E-state index in [-0.39, 0.29) is 6.04 Å². The Morgan fingerprint density at radius 1 is 1.17 bits per heavy atom. The minimum absolute atomic E-state index is 0.0866. The summed E-state index contributed by atoms with van der Waals surface area (Å²) in [5, 5.41) is 9.90. The summed E-state index contributed by atoms with van der Waals surface area (Å²) in [4.78, 5) is 4.16. The highest BCUT2D eigenvalue weighted by atomic mass is 16.5. The van der Waals surface area contributed by atoms with Crippen LogP contribution >= 0.6 is 0 Å². The molecule has 2 N–H and O–H groups in total. The molecule has 0 fully saturated rings. The molecular weight excluding hydrogens is 232 g/mol. The molecule has 0 bridgehead atoms. The van der Waals surface area contributed by atoms with Crippen LogP contribution in [0.2, 0.25) is 0 Å². The SMILES string of the molecule is CNC(c1cc(OC)cc(OC)c1)c1ncn[nH]1. The Morgan fingerprint density at radius 3 is 2.28 bits per heavy atom. The average molecular weight is 248 g/mol. The third-order valence-corrected chi connectivity index (χ3v) is 2.70. The maximum Gasteiger partial charge on any atom is 0.145 e. The number of methoxy groups -OCH3 is 2. The molecule has 0 aliphatic carbocycles. The highest BCUT2D eigenvalue weighted by Gasteiger charge is 2.16. The highest BCUT2D eigenvalue weighted by Crippen LogP contribution is 2.28. The van der Waals surface area contributed by atoms with Gasteiger partial charge in [0, 0.05) is 6.07 Å².